The molecule has 1 aromatic rings. The number of benzene rings is 1. The normalized spacial score (nSPS) is 16.6. The summed E-state index contributed by atoms with van der Waals surface area (Å²) in [6, 6.07) is 5.26. The van der Waals surface area contributed by atoms with Gasteiger partial charge in [-0.1, -0.05) is 0 Å². The van der Waals surface area contributed by atoms with Crippen molar-refractivity contribution in [3.05, 3.63) is 23.8 Å². The van der Waals surface area contributed by atoms with Gasteiger partial charge < -0.3 is 21.3 Å². The highest BCUT2D eigenvalue weighted by molar-refractivity contribution is 5.95. The van der Waals surface area contributed by atoms with Crippen LogP contribution in [0.5, 0.6) is 0 Å². The fourth-order valence-electron chi connectivity index (χ4n) is 2.84. The summed E-state index contributed by atoms with van der Waals surface area (Å²) >= 11 is 0. The van der Waals surface area contributed by atoms with Crippen molar-refractivity contribution in [1.29, 1.82) is 0 Å². The Bertz CT molecular complexity index is 479. The summed E-state index contributed by atoms with van der Waals surface area (Å²) in [4.78, 5) is 15.8. The molecule has 0 unspecified atom stereocenters. The maximum Gasteiger partial charge on any atom is 0.248 e. The number of nitrogens with two attached hydrogens (primary N) is 2. The zero-order valence-electron chi connectivity index (χ0n) is 12.3. The van der Waals surface area contributed by atoms with Crippen LogP contribution in [0.3, 0.4) is 0 Å². The standard InChI is InChI=1S/C15H24N4O/c1-18(2)10-11-5-7-19(8-6-11)14-9-12(15(17)20)3-4-13(14)16/h3-4,9,11H,5-8,10,16H2,1-2H3,(H2,17,20). The highest BCUT2D eigenvalue weighted by Crippen LogP contribution is 2.29. The van der Waals surface area contributed by atoms with Crippen molar-refractivity contribution in [3.8, 4) is 0 Å². The first kappa shape index (κ1) is 14.7. The second-order valence-electron chi connectivity index (χ2n) is 5.83. The van der Waals surface area contributed by atoms with E-state index in [1.165, 1.54) is 0 Å². The highest BCUT2D eigenvalue weighted by atomic mass is 16.1. The van der Waals surface area contributed by atoms with Crippen molar-refractivity contribution in [2.45, 2.75) is 12.8 Å². The van der Waals surface area contributed by atoms with E-state index in [0.717, 1.165) is 44.1 Å². The zero-order valence-corrected chi connectivity index (χ0v) is 12.3. The smallest absolute Gasteiger partial charge is 0.248 e. The van der Waals surface area contributed by atoms with Gasteiger partial charge in [0.1, 0.15) is 0 Å². The summed E-state index contributed by atoms with van der Waals surface area (Å²) in [7, 11) is 4.22. The molecular formula is C15H24N4O. The molecule has 0 radical (unpaired) electrons. The lowest BCUT2D eigenvalue weighted by Crippen LogP contribution is -2.37. The van der Waals surface area contributed by atoms with Gasteiger partial charge in [0.2, 0.25) is 5.91 Å². The second-order valence-corrected chi connectivity index (χ2v) is 5.83. The number of hydrogen-bond donors (Lipinski definition) is 2. The molecule has 1 fully saturated rings. The van der Waals surface area contributed by atoms with E-state index < -0.39 is 5.91 Å². The molecule has 5 nitrogen and oxygen atoms in total. The van der Waals surface area contributed by atoms with E-state index >= 15 is 0 Å². The summed E-state index contributed by atoms with van der Waals surface area (Å²) in [5.41, 5.74) is 13.5. The van der Waals surface area contributed by atoms with Crippen molar-refractivity contribution in [3.63, 3.8) is 0 Å². The number of piperidine rings is 1. The van der Waals surface area contributed by atoms with Crippen LogP contribution >= 0.6 is 0 Å². The Morgan fingerprint density at radius 1 is 1.35 bits per heavy atom. The van der Waals surface area contributed by atoms with E-state index in [1.54, 1.807) is 12.1 Å². The first-order valence-electron chi connectivity index (χ1n) is 7.06. The van der Waals surface area contributed by atoms with Crippen molar-refractivity contribution < 1.29 is 4.79 Å². The van der Waals surface area contributed by atoms with Gasteiger partial charge in [0.05, 0.1) is 11.4 Å². The third kappa shape index (κ3) is 3.42. The average molecular weight is 276 g/mol. The van der Waals surface area contributed by atoms with Crippen molar-refractivity contribution in [2.75, 3.05) is 44.4 Å². The van der Waals surface area contributed by atoms with Crippen LogP contribution in [-0.4, -0.2) is 44.5 Å². The molecule has 0 aromatic heterocycles. The lowest BCUT2D eigenvalue weighted by atomic mass is 9.95. The Morgan fingerprint density at radius 3 is 2.55 bits per heavy atom. The molecule has 0 saturated carbocycles. The molecule has 20 heavy (non-hydrogen) atoms. The number of anilines is 2. The molecule has 4 N–H and O–H groups in total. The van der Waals surface area contributed by atoms with Crippen LogP contribution in [-0.2, 0) is 0 Å². The monoisotopic (exact) mass is 276 g/mol. The van der Waals surface area contributed by atoms with Gasteiger partial charge in [0, 0.05) is 25.2 Å². The summed E-state index contributed by atoms with van der Waals surface area (Å²) in [6.07, 6.45) is 2.30. The first-order valence-corrected chi connectivity index (χ1v) is 7.06. The number of carbonyl (C=O) groups is 1. The van der Waals surface area contributed by atoms with Gasteiger partial charge in [-0.15, -0.1) is 0 Å². The molecule has 0 bridgehead atoms. The molecule has 1 aromatic carbocycles. The van der Waals surface area contributed by atoms with Crippen LogP contribution in [0.1, 0.15) is 23.2 Å². The molecule has 2 rings (SSSR count). The molecule has 0 aliphatic carbocycles. The fourth-order valence-corrected chi connectivity index (χ4v) is 2.84. The third-order valence-electron chi connectivity index (χ3n) is 3.89. The van der Waals surface area contributed by atoms with Gasteiger partial charge >= 0.3 is 0 Å². The molecule has 1 amide bonds. The fraction of sp³-hybridized carbons (Fsp3) is 0.533. The minimum absolute atomic E-state index is 0.409. The predicted molar refractivity (Wildman–Crippen MR) is 82.9 cm³/mol. The Kier molecular flexibility index (Phi) is 4.49. The van der Waals surface area contributed by atoms with Gasteiger partial charge in [-0.2, -0.15) is 0 Å². The molecule has 0 atom stereocenters. The van der Waals surface area contributed by atoms with Gasteiger partial charge in [0.25, 0.3) is 0 Å². The number of rotatable bonds is 4. The van der Waals surface area contributed by atoms with Gasteiger partial charge in [-0.25, -0.2) is 0 Å². The predicted octanol–water partition coefficient (Wildman–Crippen LogP) is 1.15. The number of nitrogen functional groups attached to an aromatic ring is 1. The maximum atomic E-state index is 11.3. The maximum absolute atomic E-state index is 11.3. The molecule has 110 valence electrons. The SMILES string of the molecule is CN(C)CC1CCN(c2cc(C(N)=O)ccc2N)CC1. The second kappa shape index (κ2) is 6.13. The Hall–Kier alpha value is -1.75. The summed E-state index contributed by atoms with van der Waals surface area (Å²) in [5.74, 6) is 0.329. The van der Waals surface area contributed by atoms with Crippen molar-refractivity contribution in [2.24, 2.45) is 11.7 Å². The zero-order chi connectivity index (χ0) is 14.7. The van der Waals surface area contributed by atoms with Gasteiger partial charge in [-0.3, -0.25) is 4.79 Å². The largest absolute Gasteiger partial charge is 0.397 e. The number of hydrogen-bond acceptors (Lipinski definition) is 4. The van der Waals surface area contributed by atoms with Crippen LogP contribution in [0.2, 0.25) is 0 Å². The van der Waals surface area contributed by atoms with Gasteiger partial charge in [0.15, 0.2) is 0 Å². The Balaban J connectivity index is 2.06. The molecule has 1 heterocycles. The van der Waals surface area contributed by atoms with Crippen LogP contribution in [0.25, 0.3) is 0 Å². The number of primary amides is 1. The van der Waals surface area contributed by atoms with E-state index in [1.807, 2.05) is 6.07 Å². The van der Waals surface area contributed by atoms with Gasteiger partial charge in [-0.05, 0) is 51.1 Å². The minimum Gasteiger partial charge on any atom is -0.397 e. The third-order valence-corrected chi connectivity index (χ3v) is 3.89. The summed E-state index contributed by atoms with van der Waals surface area (Å²) in [6.45, 7) is 3.08. The highest BCUT2D eigenvalue weighted by Gasteiger charge is 2.21. The molecule has 0 spiro atoms. The van der Waals surface area contributed by atoms with E-state index in [4.69, 9.17) is 11.5 Å². The van der Waals surface area contributed by atoms with Crippen molar-refractivity contribution >= 4 is 17.3 Å². The molecule has 1 saturated heterocycles. The van der Waals surface area contributed by atoms with E-state index in [2.05, 4.69) is 23.9 Å². The van der Waals surface area contributed by atoms with Crippen LogP contribution in [0.15, 0.2) is 18.2 Å². The van der Waals surface area contributed by atoms with E-state index in [9.17, 15) is 4.79 Å². The molecule has 5 heteroatoms. The minimum atomic E-state index is -0.409. The van der Waals surface area contributed by atoms with Crippen LogP contribution in [0.4, 0.5) is 11.4 Å². The first-order chi connectivity index (χ1) is 9.47. The average Bonchev–Trinajstić information content (AvgIpc) is 2.39. The Labute approximate surface area is 120 Å². The number of carbonyl (C=O) groups excluding carboxylic acids is 1. The quantitative estimate of drug-likeness (QED) is 0.809. The number of amides is 1. The lowest BCUT2D eigenvalue weighted by molar-refractivity contribution is 0.100. The molecular weight excluding hydrogens is 252 g/mol. The topological polar surface area (TPSA) is 75.6 Å². The number of nitrogens with zero attached hydrogens (tertiary/aromatic N) is 2. The Morgan fingerprint density at radius 2 is 2.00 bits per heavy atom. The van der Waals surface area contributed by atoms with E-state index in [-0.39, 0.29) is 0 Å². The van der Waals surface area contributed by atoms with Crippen LogP contribution < -0.4 is 16.4 Å². The van der Waals surface area contributed by atoms with Crippen LogP contribution in [0, 0.1) is 5.92 Å². The van der Waals surface area contributed by atoms with E-state index in [0.29, 0.717) is 11.3 Å². The van der Waals surface area contributed by atoms with Crippen molar-refractivity contribution in [1.82, 2.24) is 4.90 Å². The lowest BCUT2D eigenvalue weighted by Gasteiger charge is -2.35. The molecule has 1 aliphatic heterocycles. The summed E-state index contributed by atoms with van der Waals surface area (Å²) in [5, 5.41) is 0. The summed E-state index contributed by atoms with van der Waals surface area (Å²) < 4.78 is 0. The molecule has 1 aliphatic rings.